The minimum Gasteiger partial charge on any atom is -0.496 e. The van der Waals surface area contributed by atoms with Gasteiger partial charge in [0.25, 0.3) is 0 Å². The average molecular weight is 270 g/mol. The van der Waals surface area contributed by atoms with Gasteiger partial charge in [-0.05, 0) is 53.1 Å². The fraction of sp³-hybridized carbons (Fsp3) is 0.143. The standard InChI is InChI=1S/C14H14N4O2/c1-8-7-9(3-6-12(8)19-2)16-11-5-4-10(15)13-14(11)18-20-17-13/h3-7,16H,15H2,1-2H3. The molecule has 2 aromatic carbocycles. The number of nitrogen functional groups attached to an aromatic ring is 1. The molecule has 1 heterocycles. The second kappa shape index (κ2) is 4.73. The summed E-state index contributed by atoms with van der Waals surface area (Å²) >= 11 is 0. The molecule has 3 rings (SSSR count). The Morgan fingerprint density at radius 2 is 1.95 bits per heavy atom. The summed E-state index contributed by atoms with van der Waals surface area (Å²) < 4.78 is 9.99. The van der Waals surface area contributed by atoms with Crippen LogP contribution in [-0.2, 0) is 0 Å². The van der Waals surface area contributed by atoms with Gasteiger partial charge in [0.1, 0.15) is 5.75 Å². The van der Waals surface area contributed by atoms with Gasteiger partial charge in [0.2, 0.25) is 0 Å². The Morgan fingerprint density at radius 3 is 2.70 bits per heavy atom. The fourth-order valence-electron chi connectivity index (χ4n) is 2.10. The van der Waals surface area contributed by atoms with E-state index in [0.717, 1.165) is 22.7 Å². The highest BCUT2D eigenvalue weighted by atomic mass is 16.6. The van der Waals surface area contributed by atoms with E-state index >= 15 is 0 Å². The van der Waals surface area contributed by atoms with Gasteiger partial charge in [0.05, 0.1) is 18.5 Å². The number of methoxy groups -OCH3 is 1. The summed E-state index contributed by atoms with van der Waals surface area (Å²) in [4.78, 5) is 0. The first-order chi connectivity index (χ1) is 9.69. The Balaban J connectivity index is 1.99. The van der Waals surface area contributed by atoms with Crippen molar-refractivity contribution < 1.29 is 9.37 Å². The van der Waals surface area contributed by atoms with Crippen molar-refractivity contribution in [2.24, 2.45) is 0 Å². The monoisotopic (exact) mass is 270 g/mol. The molecule has 0 amide bonds. The predicted molar refractivity (Wildman–Crippen MR) is 77.2 cm³/mol. The number of fused-ring (bicyclic) bond motifs is 1. The molecular formula is C14H14N4O2. The third kappa shape index (κ3) is 2.01. The number of nitrogens with zero attached hydrogens (tertiary/aromatic N) is 2. The molecule has 0 bridgehead atoms. The van der Waals surface area contributed by atoms with Crippen molar-refractivity contribution in [1.29, 1.82) is 0 Å². The number of nitrogens with one attached hydrogen (secondary N) is 1. The molecular weight excluding hydrogens is 256 g/mol. The molecule has 3 aromatic rings. The molecule has 0 aliphatic rings. The Morgan fingerprint density at radius 1 is 1.15 bits per heavy atom. The zero-order valence-electron chi connectivity index (χ0n) is 11.2. The fourth-order valence-corrected chi connectivity index (χ4v) is 2.10. The Hall–Kier alpha value is -2.76. The summed E-state index contributed by atoms with van der Waals surface area (Å²) in [6.07, 6.45) is 0. The lowest BCUT2D eigenvalue weighted by atomic mass is 10.2. The van der Waals surface area contributed by atoms with E-state index in [-0.39, 0.29) is 0 Å². The van der Waals surface area contributed by atoms with Crippen molar-refractivity contribution in [2.45, 2.75) is 6.92 Å². The van der Waals surface area contributed by atoms with Gasteiger partial charge in [-0.1, -0.05) is 0 Å². The van der Waals surface area contributed by atoms with Crippen molar-refractivity contribution in [3.05, 3.63) is 35.9 Å². The maximum absolute atomic E-state index is 5.82. The van der Waals surface area contributed by atoms with Crippen LogP contribution in [0.5, 0.6) is 5.75 Å². The van der Waals surface area contributed by atoms with Gasteiger partial charge in [-0.25, -0.2) is 4.63 Å². The summed E-state index contributed by atoms with van der Waals surface area (Å²) in [6.45, 7) is 1.99. The van der Waals surface area contributed by atoms with E-state index < -0.39 is 0 Å². The molecule has 20 heavy (non-hydrogen) atoms. The summed E-state index contributed by atoms with van der Waals surface area (Å²) in [7, 11) is 1.65. The molecule has 6 heteroatoms. The van der Waals surface area contributed by atoms with Crippen LogP contribution in [0.15, 0.2) is 35.0 Å². The topological polar surface area (TPSA) is 86.2 Å². The second-order valence-electron chi connectivity index (χ2n) is 4.47. The SMILES string of the molecule is COc1ccc(Nc2ccc(N)c3nonc23)cc1C. The van der Waals surface area contributed by atoms with Crippen LogP contribution in [0.1, 0.15) is 5.56 Å². The van der Waals surface area contributed by atoms with Gasteiger partial charge in [-0.3, -0.25) is 0 Å². The van der Waals surface area contributed by atoms with Crippen LogP contribution < -0.4 is 15.8 Å². The maximum atomic E-state index is 5.82. The third-order valence-electron chi connectivity index (χ3n) is 3.12. The molecule has 0 spiro atoms. The predicted octanol–water partition coefficient (Wildman–Crippen LogP) is 2.87. The number of benzene rings is 2. The minimum atomic E-state index is 0.540. The number of nitrogens with two attached hydrogens (primary N) is 1. The second-order valence-corrected chi connectivity index (χ2v) is 4.47. The number of hydrogen-bond acceptors (Lipinski definition) is 6. The number of anilines is 3. The Kier molecular flexibility index (Phi) is 2.90. The van der Waals surface area contributed by atoms with Gasteiger partial charge in [-0.2, -0.15) is 0 Å². The first-order valence-corrected chi connectivity index (χ1v) is 6.11. The van der Waals surface area contributed by atoms with Gasteiger partial charge in [-0.15, -0.1) is 0 Å². The van der Waals surface area contributed by atoms with Crippen molar-refractivity contribution in [3.63, 3.8) is 0 Å². The minimum absolute atomic E-state index is 0.540. The molecule has 0 aliphatic carbocycles. The van der Waals surface area contributed by atoms with Crippen LogP contribution >= 0.6 is 0 Å². The van der Waals surface area contributed by atoms with Crippen LogP contribution in [0.3, 0.4) is 0 Å². The highest BCUT2D eigenvalue weighted by molar-refractivity contribution is 5.96. The van der Waals surface area contributed by atoms with Crippen LogP contribution in [0.4, 0.5) is 17.1 Å². The van der Waals surface area contributed by atoms with Crippen molar-refractivity contribution in [1.82, 2.24) is 10.3 Å². The lowest BCUT2D eigenvalue weighted by molar-refractivity contribution is 0.316. The molecule has 0 aliphatic heterocycles. The van der Waals surface area contributed by atoms with Gasteiger partial charge in [0.15, 0.2) is 11.0 Å². The average Bonchev–Trinajstić information content (AvgIpc) is 2.93. The van der Waals surface area contributed by atoms with E-state index in [4.69, 9.17) is 15.1 Å². The third-order valence-corrected chi connectivity index (χ3v) is 3.12. The first kappa shape index (κ1) is 12.3. The van der Waals surface area contributed by atoms with Crippen LogP contribution in [-0.4, -0.2) is 17.4 Å². The van der Waals surface area contributed by atoms with Gasteiger partial charge in [0, 0.05) is 5.69 Å². The lowest BCUT2D eigenvalue weighted by Crippen LogP contribution is -1.95. The highest BCUT2D eigenvalue weighted by Gasteiger charge is 2.10. The number of aryl methyl sites for hydroxylation is 1. The zero-order valence-corrected chi connectivity index (χ0v) is 11.2. The van der Waals surface area contributed by atoms with E-state index in [1.54, 1.807) is 13.2 Å². The Bertz CT molecular complexity index is 767. The van der Waals surface area contributed by atoms with E-state index in [2.05, 4.69) is 15.6 Å². The molecule has 0 saturated heterocycles. The van der Waals surface area contributed by atoms with Crippen LogP contribution in [0.25, 0.3) is 11.0 Å². The summed E-state index contributed by atoms with van der Waals surface area (Å²) in [5.41, 5.74) is 10.3. The number of rotatable bonds is 3. The maximum Gasteiger partial charge on any atom is 0.160 e. The lowest BCUT2D eigenvalue weighted by Gasteiger charge is -2.10. The molecule has 0 unspecified atom stereocenters. The van der Waals surface area contributed by atoms with Gasteiger partial charge < -0.3 is 15.8 Å². The molecule has 3 N–H and O–H groups in total. The van der Waals surface area contributed by atoms with Crippen LogP contribution in [0, 0.1) is 6.92 Å². The summed E-state index contributed by atoms with van der Waals surface area (Å²) in [6, 6.07) is 9.45. The largest absolute Gasteiger partial charge is 0.496 e. The Labute approximate surface area is 115 Å². The summed E-state index contributed by atoms with van der Waals surface area (Å²) in [5.74, 6) is 0.848. The molecule has 0 saturated carbocycles. The molecule has 102 valence electrons. The van der Waals surface area contributed by atoms with Crippen LogP contribution in [0.2, 0.25) is 0 Å². The van der Waals surface area contributed by atoms with E-state index in [9.17, 15) is 0 Å². The van der Waals surface area contributed by atoms with E-state index in [1.165, 1.54) is 0 Å². The number of ether oxygens (including phenoxy) is 1. The number of aromatic nitrogens is 2. The zero-order chi connectivity index (χ0) is 14.1. The quantitative estimate of drug-likeness (QED) is 0.712. The van der Waals surface area contributed by atoms with Gasteiger partial charge >= 0.3 is 0 Å². The first-order valence-electron chi connectivity index (χ1n) is 6.11. The van der Waals surface area contributed by atoms with E-state index in [1.807, 2.05) is 31.2 Å². The molecule has 0 radical (unpaired) electrons. The molecule has 0 fully saturated rings. The molecule has 0 atom stereocenters. The number of hydrogen-bond donors (Lipinski definition) is 2. The molecule has 6 nitrogen and oxygen atoms in total. The van der Waals surface area contributed by atoms with E-state index in [0.29, 0.717) is 16.7 Å². The van der Waals surface area contributed by atoms with Crippen molar-refractivity contribution in [2.75, 3.05) is 18.2 Å². The van der Waals surface area contributed by atoms with Crippen molar-refractivity contribution in [3.8, 4) is 5.75 Å². The molecule has 1 aromatic heterocycles. The highest BCUT2D eigenvalue weighted by Crippen LogP contribution is 2.29. The normalized spacial score (nSPS) is 10.7. The smallest absolute Gasteiger partial charge is 0.160 e. The van der Waals surface area contributed by atoms with Crippen molar-refractivity contribution >= 4 is 28.1 Å². The summed E-state index contributed by atoms with van der Waals surface area (Å²) in [5, 5.41) is 11.0.